The van der Waals surface area contributed by atoms with Gasteiger partial charge in [-0.15, -0.1) is 11.3 Å². The van der Waals surface area contributed by atoms with E-state index in [9.17, 15) is 4.79 Å². The fourth-order valence-corrected chi connectivity index (χ4v) is 5.29. The Morgan fingerprint density at radius 3 is 2.88 bits per heavy atom. The molecule has 1 saturated heterocycles. The Morgan fingerprint density at radius 1 is 1.08 bits per heavy atom. The second kappa shape index (κ2) is 5.95. The second-order valence-corrected chi connectivity index (χ2v) is 8.08. The van der Waals surface area contributed by atoms with Crippen molar-refractivity contribution in [3.63, 3.8) is 0 Å². The highest BCUT2D eigenvalue weighted by atomic mass is 32.1. The van der Waals surface area contributed by atoms with Gasteiger partial charge in [-0.1, -0.05) is 18.2 Å². The lowest BCUT2D eigenvalue weighted by Crippen LogP contribution is -2.30. The number of likely N-dealkylation sites (tertiary alicyclic amines) is 1. The number of aromatic nitrogens is 1. The van der Waals surface area contributed by atoms with Gasteiger partial charge in [-0.25, -0.2) is 4.98 Å². The standard InChI is InChI=1S/C21H20N2OS/c24-21(16-11-10-14-5-3-6-15(14)13-16)23-12-4-8-18(23)20-22-17-7-1-2-9-19(17)25-20/h1-2,7,9-11,13,18H,3-6,8,12H2/t18-/m1/s1. The number of aryl methyl sites for hydroxylation is 2. The van der Waals surface area contributed by atoms with Crippen molar-refractivity contribution in [1.82, 2.24) is 9.88 Å². The number of rotatable bonds is 2. The number of benzene rings is 2. The maximum atomic E-state index is 13.1. The van der Waals surface area contributed by atoms with E-state index in [1.807, 2.05) is 23.1 Å². The average molecular weight is 348 g/mol. The lowest BCUT2D eigenvalue weighted by molar-refractivity contribution is 0.0735. The number of nitrogens with zero attached hydrogens (tertiary/aromatic N) is 2. The molecule has 126 valence electrons. The fourth-order valence-electron chi connectivity index (χ4n) is 4.17. The molecule has 1 aliphatic heterocycles. The van der Waals surface area contributed by atoms with Crippen molar-refractivity contribution in [2.24, 2.45) is 0 Å². The molecule has 1 aromatic heterocycles. The van der Waals surface area contributed by atoms with E-state index < -0.39 is 0 Å². The van der Waals surface area contributed by atoms with Crippen molar-refractivity contribution in [1.29, 1.82) is 0 Å². The molecule has 0 spiro atoms. The zero-order valence-electron chi connectivity index (χ0n) is 14.1. The summed E-state index contributed by atoms with van der Waals surface area (Å²) < 4.78 is 1.20. The predicted molar refractivity (Wildman–Crippen MR) is 101 cm³/mol. The topological polar surface area (TPSA) is 33.2 Å². The Morgan fingerprint density at radius 2 is 1.96 bits per heavy atom. The number of thiazole rings is 1. The van der Waals surface area contributed by atoms with E-state index in [-0.39, 0.29) is 11.9 Å². The molecule has 2 aromatic carbocycles. The molecular weight excluding hydrogens is 328 g/mol. The van der Waals surface area contributed by atoms with Crippen LogP contribution in [0.2, 0.25) is 0 Å². The first-order valence-electron chi connectivity index (χ1n) is 9.08. The normalized spacial score (nSPS) is 19.5. The van der Waals surface area contributed by atoms with Crippen LogP contribution in [-0.4, -0.2) is 22.3 Å². The molecule has 0 radical (unpaired) electrons. The summed E-state index contributed by atoms with van der Waals surface area (Å²) in [7, 11) is 0. The summed E-state index contributed by atoms with van der Waals surface area (Å²) in [5.74, 6) is 0.163. The SMILES string of the molecule is O=C(c1ccc2c(c1)CCC2)N1CCC[C@@H]1c1nc2ccccc2s1. The minimum absolute atomic E-state index is 0.123. The van der Waals surface area contributed by atoms with Crippen LogP contribution in [-0.2, 0) is 12.8 Å². The van der Waals surface area contributed by atoms with Crippen LogP contribution in [0.1, 0.15) is 51.8 Å². The molecule has 25 heavy (non-hydrogen) atoms. The van der Waals surface area contributed by atoms with E-state index in [1.54, 1.807) is 11.3 Å². The van der Waals surface area contributed by atoms with Gasteiger partial charge in [0.05, 0.1) is 16.3 Å². The molecule has 2 aliphatic rings. The van der Waals surface area contributed by atoms with Crippen molar-refractivity contribution in [2.75, 3.05) is 6.54 Å². The summed E-state index contributed by atoms with van der Waals surface area (Å²) in [4.78, 5) is 20.0. The van der Waals surface area contributed by atoms with Crippen LogP contribution < -0.4 is 0 Å². The lowest BCUT2D eigenvalue weighted by atomic mass is 10.1. The number of para-hydroxylation sites is 1. The largest absolute Gasteiger partial charge is 0.329 e. The Kier molecular flexibility index (Phi) is 3.59. The highest BCUT2D eigenvalue weighted by Crippen LogP contribution is 2.37. The van der Waals surface area contributed by atoms with Gasteiger partial charge >= 0.3 is 0 Å². The molecule has 1 amide bonds. The Balaban J connectivity index is 1.47. The Bertz CT molecular complexity index is 928. The minimum atomic E-state index is 0.123. The van der Waals surface area contributed by atoms with E-state index >= 15 is 0 Å². The summed E-state index contributed by atoms with van der Waals surface area (Å²) in [5.41, 5.74) is 4.66. The van der Waals surface area contributed by atoms with Crippen LogP contribution in [0.3, 0.4) is 0 Å². The Hall–Kier alpha value is -2.20. The number of carbonyl (C=O) groups excluding carboxylic acids is 1. The molecule has 3 aromatic rings. The summed E-state index contributed by atoms with van der Waals surface area (Å²) in [5, 5.41) is 1.08. The van der Waals surface area contributed by atoms with Crippen LogP contribution in [0.4, 0.5) is 0 Å². The molecule has 0 bridgehead atoms. The molecule has 1 atom stereocenters. The van der Waals surface area contributed by atoms with Gasteiger partial charge in [0.2, 0.25) is 0 Å². The summed E-state index contributed by atoms with van der Waals surface area (Å²) in [6.45, 7) is 0.830. The Labute approximate surface area is 151 Å². The number of hydrogen-bond acceptors (Lipinski definition) is 3. The molecule has 1 aliphatic carbocycles. The van der Waals surface area contributed by atoms with Crippen molar-refractivity contribution in [3.05, 3.63) is 64.2 Å². The molecule has 3 nitrogen and oxygen atoms in total. The lowest BCUT2D eigenvalue weighted by Gasteiger charge is -2.23. The maximum absolute atomic E-state index is 13.1. The minimum Gasteiger partial charge on any atom is -0.329 e. The summed E-state index contributed by atoms with van der Waals surface area (Å²) >= 11 is 1.73. The predicted octanol–water partition coefficient (Wildman–Crippen LogP) is 4.76. The van der Waals surface area contributed by atoms with Crippen LogP contribution in [0, 0.1) is 0 Å². The van der Waals surface area contributed by atoms with Gasteiger partial charge in [-0.05, 0) is 67.5 Å². The smallest absolute Gasteiger partial charge is 0.254 e. The van der Waals surface area contributed by atoms with Crippen LogP contribution in [0.25, 0.3) is 10.2 Å². The zero-order chi connectivity index (χ0) is 16.8. The first-order valence-corrected chi connectivity index (χ1v) is 9.89. The van der Waals surface area contributed by atoms with E-state index in [4.69, 9.17) is 4.98 Å². The second-order valence-electron chi connectivity index (χ2n) is 7.01. The van der Waals surface area contributed by atoms with E-state index in [1.165, 1.54) is 22.2 Å². The average Bonchev–Trinajstić information content (AvgIpc) is 3.37. The van der Waals surface area contributed by atoms with Crippen LogP contribution in [0.5, 0.6) is 0 Å². The molecule has 1 fully saturated rings. The molecule has 0 unspecified atom stereocenters. The summed E-state index contributed by atoms with van der Waals surface area (Å²) in [6, 6.07) is 14.6. The van der Waals surface area contributed by atoms with Crippen molar-refractivity contribution in [2.45, 2.75) is 38.1 Å². The first-order chi connectivity index (χ1) is 12.3. The number of carbonyl (C=O) groups is 1. The van der Waals surface area contributed by atoms with Gasteiger partial charge in [0.25, 0.3) is 5.91 Å². The van der Waals surface area contributed by atoms with Gasteiger partial charge in [0, 0.05) is 12.1 Å². The third-order valence-electron chi connectivity index (χ3n) is 5.45. The number of amides is 1. The van der Waals surface area contributed by atoms with Crippen molar-refractivity contribution >= 4 is 27.5 Å². The van der Waals surface area contributed by atoms with Gasteiger partial charge in [-0.2, -0.15) is 0 Å². The zero-order valence-corrected chi connectivity index (χ0v) is 14.9. The van der Waals surface area contributed by atoms with Gasteiger partial charge in [0.1, 0.15) is 5.01 Å². The number of hydrogen-bond donors (Lipinski definition) is 0. The molecule has 5 rings (SSSR count). The molecule has 2 heterocycles. The molecule has 0 saturated carbocycles. The monoisotopic (exact) mass is 348 g/mol. The molecule has 4 heteroatoms. The quantitative estimate of drug-likeness (QED) is 0.669. The van der Waals surface area contributed by atoms with E-state index in [0.29, 0.717) is 0 Å². The fraction of sp³-hybridized carbons (Fsp3) is 0.333. The highest BCUT2D eigenvalue weighted by molar-refractivity contribution is 7.18. The van der Waals surface area contributed by atoms with Gasteiger partial charge in [0.15, 0.2) is 0 Å². The van der Waals surface area contributed by atoms with Gasteiger partial charge < -0.3 is 4.90 Å². The third kappa shape index (κ3) is 2.56. The van der Waals surface area contributed by atoms with Crippen molar-refractivity contribution in [3.8, 4) is 0 Å². The van der Waals surface area contributed by atoms with Crippen LogP contribution >= 0.6 is 11.3 Å². The molecular formula is C21H20N2OS. The van der Waals surface area contributed by atoms with Crippen molar-refractivity contribution < 1.29 is 4.79 Å². The highest BCUT2D eigenvalue weighted by Gasteiger charge is 2.33. The third-order valence-corrected chi connectivity index (χ3v) is 6.59. The van der Waals surface area contributed by atoms with E-state index in [0.717, 1.165) is 48.3 Å². The van der Waals surface area contributed by atoms with Gasteiger partial charge in [-0.3, -0.25) is 4.79 Å². The maximum Gasteiger partial charge on any atom is 0.254 e. The first kappa shape index (κ1) is 15.1. The summed E-state index contributed by atoms with van der Waals surface area (Å²) in [6.07, 6.45) is 5.54. The number of fused-ring (bicyclic) bond motifs is 2. The molecule has 0 N–H and O–H groups in total. The van der Waals surface area contributed by atoms with E-state index in [2.05, 4.69) is 24.3 Å². The van der Waals surface area contributed by atoms with Crippen LogP contribution in [0.15, 0.2) is 42.5 Å².